The van der Waals surface area contributed by atoms with E-state index in [9.17, 15) is 18.0 Å². The van der Waals surface area contributed by atoms with Gasteiger partial charge in [-0.3, -0.25) is 13.9 Å². The minimum Gasteiger partial charge on any atom is -0.354 e. The van der Waals surface area contributed by atoms with E-state index in [0.717, 1.165) is 22.5 Å². The zero-order valence-electron chi connectivity index (χ0n) is 19.8. The Morgan fingerprint density at radius 3 is 2.24 bits per heavy atom. The Morgan fingerprint density at radius 2 is 1.71 bits per heavy atom. The molecule has 0 saturated heterocycles. The summed E-state index contributed by atoms with van der Waals surface area (Å²) in [5.41, 5.74) is 1.93. The van der Waals surface area contributed by atoms with Gasteiger partial charge in [0.1, 0.15) is 12.6 Å². The highest BCUT2D eigenvalue weighted by Crippen LogP contribution is 2.25. The van der Waals surface area contributed by atoms with E-state index in [1.54, 1.807) is 49.4 Å². The average molecular weight is 529 g/mol. The maximum atomic E-state index is 13.6. The number of hydrogen-bond acceptors (Lipinski definition) is 4. The van der Waals surface area contributed by atoms with Crippen LogP contribution in [0.4, 0.5) is 5.69 Å². The van der Waals surface area contributed by atoms with Crippen molar-refractivity contribution in [1.29, 1.82) is 0 Å². The molecule has 34 heavy (non-hydrogen) atoms. The van der Waals surface area contributed by atoms with Gasteiger partial charge < -0.3 is 10.2 Å². The first-order valence-electron chi connectivity index (χ1n) is 11.0. The maximum absolute atomic E-state index is 13.6. The lowest BCUT2D eigenvalue weighted by Crippen LogP contribution is -2.52. The summed E-state index contributed by atoms with van der Waals surface area (Å²) in [5, 5.41) is 3.63. The van der Waals surface area contributed by atoms with E-state index >= 15 is 0 Å². The third-order valence-electron chi connectivity index (χ3n) is 5.29. The second-order valence-electron chi connectivity index (χ2n) is 8.08. The molecule has 0 fully saturated rings. The van der Waals surface area contributed by atoms with Crippen LogP contribution in [0.15, 0.2) is 42.5 Å². The first-order chi connectivity index (χ1) is 16.0. The summed E-state index contributed by atoms with van der Waals surface area (Å²) >= 11 is 12.4. The van der Waals surface area contributed by atoms with E-state index in [-0.39, 0.29) is 12.5 Å². The SMILES string of the molecule is CCCNC(=O)[C@H](CC)N(Cc1ccc(Cl)cc1Cl)C(=O)CN(c1ccc(C)cc1)S(C)(=O)=O. The molecule has 2 aromatic rings. The predicted octanol–water partition coefficient (Wildman–Crippen LogP) is 4.40. The smallest absolute Gasteiger partial charge is 0.244 e. The van der Waals surface area contributed by atoms with Gasteiger partial charge in [0, 0.05) is 23.1 Å². The van der Waals surface area contributed by atoms with Crippen molar-refractivity contribution in [3.8, 4) is 0 Å². The van der Waals surface area contributed by atoms with Crippen LogP contribution in [0, 0.1) is 6.92 Å². The number of carbonyl (C=O) groups excluding carboxylic acids is 2. The summed E-state index contributed by atoms with van der Waals surface area (Å²) in [6.07, 6.45) is 2.14. The van der Waals surface area contributed by atoms with Gasteiger partial charge in [-0.05, 0) is 49.6 Å². The maximum Gasteiger partial charge on any atom is 0.244 e. The number of carbonyl (C=O) groups is 2. The lowest BCUT2D eigenvalue weighted by molar-refractivity contribution is -0.140. The molecule has 0 heterocycles. The summed E-state index contributed by atoms with van der Waals surface area (Å²) in [4.78, 5) is 27.9. The monoisotopic (exact) mass is 527 g/mol. The molecular formula is C24H31Cl2N3O4S. The zero-order valence-corrected chi connectivity index (χ0v) is 22.2. The second-order valence-corrected chi connectivity index (χ2v) is 10.8. The predicted molar refractivity (Wildman–Crippen MR) is 138 cm³/mol. The molecule has 186 valence electrons. The molecule has 0 aliphatic heterocycles. The van der Waals surface area contributed by atoms with E-state index in [2.05, 4.69) is 5.32 Å². The standard InChI is InChI=1S/C24H31Cl2N3O4S/c1-5-13-27-24(31)22(6-2)28(15-18-9-10-19(25)14-21(18)26)23(30)16-29(34(4,32)33)20-11-7-17(3)8-12-20/h7-12,14,22H,5-6,13,15-16H2,1-4H3,(H,27,31)/t22-/m0/s1. The molecule has 0 aliphatic carbocycles. The summed E-state index contributed by atoms with van der Waals surface area (Å²) in [6, 6.07) is 10.9. The Labute approximate surface area is 212 Å². The van der Waals surface area contributed by atoms with Crippen LogP contribution in [0.2, 0.25) is 10.0 Å². The fraction of sp³-hybridized carbons (Fsp3) is 0.417. The van der Waals surface area contributed by atoms with Crippen molar-refractivity contribution in [2.75, 3.05) is 23.7 Å². The molecule has 10 heteroatoms. The van der Waals surface area contributed by atoms with Gasteiger partial charge >= 0.3 is 0 Å². The molecule has 1 atom stereocenters. The minimum atomic E-state index is -3.77. The molecular weight excluding hydrogens is 497 g/mol. The van der Waals surface area contributed by atoms with Crippen molar-refractivity contribution in [2.24, 2.45) is 0 Å². The van der Waals surface area contributed by atoms with Crippen molar-refractivity contribution in [1.82, 2.24) is 10.2 Å². The highest BCUT2D eigenvalue weighted by atomic mass is 35.5. The third-order valence-corrected chi connectivity index (χ3v) is 7.02. The van der Waals surface area contributed by atoms with Gasteiger partial charge in [0.25, 0.3) is 0 Å². The van der Waals surface area contributed by atoms with Crippen LogP contribution >= 0.6 is 23.2 Å². The van der Waals surface area contributed by atoms with E-state index < -0.39 is 28.5 Å². The quantitative estimate of drug-likeness (QED) is 0.469. The highest BCUT2D eigenvalue weighted by Gasteiger charge is 2.32. The van der Waals surface area contributed by atoms with E-state index in [0.29, 0.717) is 34.3 Å². The highest BCUT2D eigenvalue weighted by molar-refractivity contribution is 7.92. The topological polar surface area (TPSA) is 86.8 Å². The Bertz CT molecular complexity index is 1110. The summed E-state index contributed by atoms with van der Waals surface area (Å²) in [5.74, 6) is -0.820. The van der Waals surface area contributed by atoms with Crippen LogP contribution in [0.1, 0.15) is 37.8 Å². The van der Waals surface area contributed by atoms with Gasteiger partial charge in [-0.1, -0.05) is 60.8 Å². The molecule has 2 aromatic carbocycles. The molecule has 0 aromatic heterocycles. The average Bonchev–Trinajstić information content (AvgIpc) is 2.77. The number of anilines is 1. The van der Waals surface area contributed by atoms with Crippen molar-refractivity contribution in [2.45, 2.75) is 46.2 Å². The minimum absolute atomic E-state index is 0.0262. The number of nitrogens with one attached hydrogen (secondary N) is 1. The van der Waals surface area contributed by atoms with Gasteiger partial charge in [-0.2, -0.15) is 0 Å². The summed E-state index contributed by atoms with van der Waals surface area (Å²) in [7, 11) is -3.77. The van der Waals surface area contributed by atoms with E-state index in [1.165, 1.54) is 4.90 Å². The summed E-state index contributed by atoms with van der Waals surface area (Å²) in [6.45, 7) is 5.66. The number of halogens is 2. The van der Waals surface area contributed by atoms with E-state index in [4.69, 9.17) is 23.2 Å². The molecule has 2 rings (SSSR count). The third kappa shape index (κ3) is 7.61. The number of hydrogen-bond donors (Lipinski definition) is 1. The molecule has 0 saturated carbocycles. The Morgan fingerprint density at radius 1 is 1.06 bits per heavy atom. The van der Waals surface area contributed by atoms with Gasteiger partial charge in [-0.15, -0.1) is 0 Å². The lowest BCUT2D eigenvalue weighted by atomic mass is 10.1. The van der Waals surface area contributed by atoms with Gasteiger partial charge in [-0.25, -0.2) is 8.42 Å². The molecule has 2 amide bonds. The van der Waals surface area contributed by atoms with Crippen LogP contribution in [-0.4, -0.2) is 50.5 Å². The molecule has 0 radical (unpaired) electrons. The fourth-order valence-corrected chi connectivity index (χ4v) is 4.76. The second kappa shape index (κ2) is 12.4. The first kappa shape index (κ1) is 28.0. The normalized spacial score (nSPS) is 12.2. The molecule has 0 unspecified atom stereocenters. The van der Waals surface area contributed by atoms with Gasteiger partial charge in [0.2, 0.25) is 21.8 Å². The zero-order chi connectivity index (χ0) is 25.5. The largest absolute Gasteiger partial charge is 0.354 e. The lowest BCUT2D eigenvalue weighted by Gasteiger charge is -2.33. The van der Waals surface area contributed by atoms with Crippen LogP contribution in [0.25, 0.3) is 0 Å². The van der Waals surface area contributed by atoms with Crippen molar-refractivity contribution >= 4 is 50.7 Å². The summed E-state index contributed by atoms with van der Waals surface area (Å²) < 4.78 is 26.2. The number of aryl methyl sites for hydroxylation is 1. The van der Waals surface area contributed by atoms with Crippen molar-refractivity contribution < 1.29 is 18.0 Å². The number of amides is 2. The van der Waals surface area contributed by atoms with Crippen molar-refractivity contribution in [3.05, 3.63) is 63.6 Å². The number of benzene rings is 2. The molecule has 0 spiro atoms. The van der Waals surface area contributed by atoms with Crippen LogP contribution in [0.5, 0.6) is 0 Å². The Kier molecular flexibility index (Phi) is 10.2. The molecule has 0 bridgehead atoms. The van der Waals surface area contributed by atoms with Crippen LogP contribution in [0.3, 0.4) is 0 Å². The number of rotatable bonds is 11. The Balaban J connectivity index is 2.44. The number of sulfonamides is 1. The van der Waals surface area contributed by atoms with Crippen LogP contribution in [-0.2, 0) is 26.2 Å². The van der Waals surface area contributed by atoms with Gasteiger partial charge in [0.15, 0.2) is 0 Å². The molecule has 0 aliphatic rings. The molecule has 1 N–H and O–H groups in total. The van der Waals surface area contributed by atoms with Crippen molar-refractivity contribution in [3.63, 3.8) is 0 Å². The van der Waals surface area contributed by atoms with Gasteiger partial charge in [0.05, 0.1) is 11.9 Å². The first-order valence-corrected chi connectivity index (χ1v) is 13.6. The number of nitrogens with zero attached hydrogens (tertiary/aromatic N) is 2. The Hall–Kier alpha value is -2.29. The van der Waals surface area contributed by atoms with Crippen LogP contribution < -0.4 is 9.62 Å². The molecule has 7 nitrogen and oxygen atoms in total. The van der Waals surface area contributed by atoms with E-state index in [1.807, 2.05) is 13.8 Å². The fourth-order valence-electron chi connectivity index (χ4n) is 3.44.